The Bertz CT molecular complexity index is 496. The van der Waals surface area contributed by atoms with Crippen molar-refractivity contribution in [3.05, 3.63) is 47.7 Å². The van der Waals surface area contributed by atoms with E-state index in [1.165, 1.54) is 11.1 Å². The average molecular weight is 242 g/mol. The Morgan fingerprint density at radius 2 is 2.11 bits per heavy atom. The van der Waals surface area contributed by atoms with Crippen LogP contribution in [0.2, 0.25) is 0 Å². The lowest BCUT2D eigenvalue weighted by molar-refractivity contribution is 0.940. The van der Waals surface area contributed by atoms with Crippen LogP contribution in [-0.4, -0.2) is 21.5 Å². The predicted octanol–water partition coefficient (Wildman–Crippen LogP) is 2.46. The largest absolute Gasteiger partial charge is 0.370 e. The molecule has 0 unspecified atom stereocenters. The van der Waals surface area contributed by atoms with Gasteiger partial charge in [-0.3, -0.25) is 4.98 Å². The van der Waals surface area contributed by atoms with E-state index in [4.69, 9.17) is 0 Å². The van der Waals surface area contributed by atoms with Crippen LogP contribution < -0.4 is 5.32 Å². The van der Waals surface area contributed by atoms with Crippen LogP contribution in [0.5, 0.6) is 0 Å². The highest BCUT2D eigenvalue weighted by molar-refractivity contribution is 5.46. The van der Waals surface area contributed by atoms with Gasteiger partial charge in [-0.1, -0.05) is 13.0 Å². The van der Waals surface area contributed by atoms with Gasteiger partial charge in [-0.15, -0.1) is 0 Å². The molecule has 4 heteroatoms. The second-order valence-electron chi connectivity index (χ2n) is 4.07. The molecule has 0 fully saturated rings. The Morgan fingerprint density at radius 3 is 2.78 bits per heavy atom. The van der Waals surface area contributed by atoms with E-state index >= 15 is 0 Å². The Kier molecular flexibility index (Phi) is 4.23. The smallest absolute Gasteiger partial charge is 0.132 e. The van der Waals surface area contributed by atoms with Gasteiger partial charge >= 0.3 is 0 Å². The lowest BCUT2D eigenvalue weighted by Gasteiger charge is -2.12. The highest BCUT2D eigenvalue weighted by Gasteiger charge is 2.09. The molecule has 0 bridgehead atoms. The van der Waals surface area contributed by atoms with Gasteiger partial charge in [0.15, 0.2) is 0 Å². The van der Waals surface area contributed by atoms with Crippen molar-refractivity contribution in [1.29, 1.82) is 0 Å². The molecule has 2 aromatic heterocycles. The molecule has 0 aromatic carbocycles. The van der Waals surface area contributed by atoms with E-state index in [1.54, 1.807) is 12.5 Å². The topological polar surface area (TPSA) is 50.7 Å². The summed E-state index contributed by atoms with van der Waals surface area (Å²) in [5.41, 5.74) is 3.45. The van der Waals surface area contributed by atoms with Gasteiger partial charge in [-0.25, -0.2) is 9.97 Å². The van der Waals surface area contributed by atoms with Crippen LogP contribution in [0.15, 0.2) is 30.9 Å². The van der Waals surface area contributed by atoms with E-state index in [9.17, 15) is 0 Å². The molecule has 0 aliphatic heterocycles. The summed E-state index contributed by atoms with van der Waals surface area (Å²) in [6, 6.07) is 4.02. The first-order valence-corrected chi connectivity index (χ1v) is 6.30. The Morgan fingerprint density at radius 1 is 1.22 bits per heavy atom. The number of anilines is 1. The van der Waals surface area contributed by atoms with Crippen LogP contribution in [0.1, 0.15) is 30.7 Å². The summed E-state index contributed by atoms with van der Waals surface area (Å²) in [7, 11) is 0. The van der Waals surface area contributed by atoms with E-state index < -0.39 is 0 Å². The molecule has 0 aliphatic carbocycles. The summed E-state index contributed by atoms with van der Waals surface area (Å²) in [4.78, 5) is 12.8. The van der Waals surface area contributed by atoms with Gasteiger partial charge in [0.1, 0.15) is 12.1 Å². The van der Waals surface area contributed by atoms with E-state index in [0.29, 0.717) is 0 Å². The fraction of sp³-hybridized carbons (Fsp3) is 0.357. The number of nitrogens with zero attached hydrogens (tertiary/aromatic N) is 3. The van der Waals surface area contributed by atoms with Crippen molar-refractivity contribution in [1.82, 2.24) is 15.0 Å². The molecule has 2 heterocycles. The van der Waals surface area contributed by atoms with Gasteiger partial charge in [0.25, 0.3) is 0 Å². The van der Waals surface area contributed by atoms with Crippen molar-refractivity contribution in [2.45, 2.75) is 26.7 Å². The van der Waals surface area contributed by atoms with Crippen LogP contribution in [-0.2, 0) is 12.8 Å². The fourth-order valence-electron chi connectivity index (χ4n) is 1.99. The van der Waals surface area contributed by atoms with Crippen molar-refractivity contribution < 1.29 is 0 Å². The summed E-state index contributed by atoms with van der Waals surface area (Å²) in [5, 5.41) is 3.29. The molecule has 0 aliphatic rings. The number of hydrogen-bond acceptors (Lipinski definition) is 4. The first-order chi connectivity index (χ1) is 8.85. The van der Waals surface area contributed by atoms with Crippen molar-refractivity contribution in [2.24, 2.45) is 0 Å². The molecule has 0 saturated heterocycles. The molecule has 0 spiro atoms. The van der Waals surface area contributed by atoms with E-state index in [-0.39, 0.29) is 0 Å². The first kappa shape index (κ1) is 12.5. The Hall–Kier alpha value is -1.97. The second kappa shape index (κ2) is 6.10. The normalized spacial score (nSPS) is 10.3. The zero-order valence-corrected chi connectivity index (χ0v) is 10.8. The summed E-state index contributed by atoms with van der Waals surface area (Å²) < 4.78 is 0. The molecule has 2 aromatic rings. The Balaban J connectivity index is 2.30. The van der Waals surface area contributed by atoms with Gasteiger partial charge in [-0.05, 0) is 25.0 Å². The van der Waals surface area contributed by atoms with Crippen LogP contribution in [0.4, 0.5) is 5.82 Å². The van der Waals surface area contributed by atoms with Crippen molar-refractivity contribution in [3.63, 3.8) is 0 Å². The van der Waals surface area contributed by atoms with Gasteiger partial charge in [0.05, 0.1) is 5.69 Å². The quantitative estimate of drug-likeness (QED) is 0.875. The summed E-state index contributed by atoms with van der Waals surface area (Å²) in [6.45, 7) is 5.07. The fourth-order valence-corrected chi connectivity index (χ4v) is 1.99. The second-order valence-corrected chi connectivity index (χ2v) is 4.07. The zero-order valence-electron chi connectivity index (χ0n) is 10.8. The third kappa shape index (κ3) is 2.83. The number of nitrogens with one attached hydrogen (secondary N) is 1. The molecular weight excluding hydrogens is 224 g/mol. The maximum atomic E-state index is 4.41. The number of pyridine rings is 1. The predicted molar refractivity (Wildman–Crippen MR) is 72.6 cm³/mol. The van der Waals surface area contributed by atoms with Crippen LogP contribution in [0, 0.1) is 0 Å². The third-order valence-corrected chi connectivity index (χ3v) is 2.83. The van der Waals surface area contributed by atoms with Gasteiger partial charge < -0.3 is 5.32 Å². The van der Waals surface area contributed by atoms with Crippen LogP contribution in [0.25, 0.3) is 0 Å². The minimum absolute atomic E-state index is 0.803. The number of aromatic nitrogens is 3. The highest BCUT2D eigenvalue weighted by Crippen LogP contribution is 2.18. The summed E-state index contributed by atoms with van der Waals surface area (Å²) >= 11 is 0. The maximum absolute atomic E-state index is 4.41. The maximum Gasteiger partial charge on any atom is 0.132 e. The SMILES string of the molecule is CCNc1ncnc(Cc2cccnc2)c1CC. The lowest BCUT2D eigenvalue weighted by atomic mass is 10.1. The molecule has 1 N–H and O–H groups in total. The summed E-state index contributed by atoms with van der Waals surface area (Å²) in [6.07, 6.45) is 7.03. The van der Waals surface area contributed by atoms with Crippen molar-refractivity contribution >= 4 is 5.82 Å². The third-order valence-electron chi connectivity index (χ3n) is 2.83. The molecule has 18 heavy (non-hydrogen) atoms. The van der Waals surface area contributed by atoms with E-state index in [2.05, 4.69) is 40.2 Å². The molecule has 4 nitrogen and oxygen atoms in total. The molecule has 0 saturated carbocycles. The van der Waals surface area contributed by atoms with Gasteiger partial charge in [0.2, 0.25) is 0 Å². The van der Waals surface area contributed by atoms with Gasteiger partial charge in [-0.2, -0.15) is 0 Å². The van der Waals surface area contributed by atoms with Crippen molar-refractivity contribution in [3.8, 4) is 0 Å². The van der Waals surface area contributed by atoms with E-state index in [0.717, 1.165) is 30.9 Å². The number of rotatable bonds is 5. The van der Waals surface area contributed by atoms with E-state index in [1.807, 2.05) is 12.3 Å². The average Bonchev–Trinajstić information content (AvgIpc) is 2.41. The molecule has 2 rings (SSSR count). The minimum atomic E-state index is 0.803. The monoisotopic (exact) mass is 242 g/mol. The number of hydrogen-bond donors (Lipinski definition) is 1. The molecular formula is C14H18N4. The molecule has 0 atom stereocenters. The van der Waals surface area contributed by atoms with Crippen LogP contribution >= 0.6 is 0 Å². The minimum Gasteiger partial charge on any atom is -0.370 e. The summed E-state index contributed by atoms with van der Waals surface area (Å²) in [5.74, 6) is 0.953. The first-order valence-electron chi connectivity index (χ1n) is 6.30. The van der Waals surface area contributed by atoms with Crippen LogP contribution in [0.3, 0.4) is 0 Å². The molecule has 0 radical (unpaired) electrons. The molecule has 94 valence electrons. The molecule has 0 amide bonds. The zero-order chi connectivity index (χ0) is 12.8. The van der Waals surface area contributed by atoms with Gasteiger partial charge in [0, 0.05) is 30.9 Å². The highest BCUT2D eigenvalue weighted by atomic mass is 15.0. The Labute approximate surface area is 108 Å². The standard InChI is InChI=1S/C14H18N4/c1-3-12-13(8-11-6-5-7-15-9-11)17-10-18-14(12)16-4-2/h5-7,9-10H,3-4,8H2,1-2H3,(H,16,17,18). The lowest BCUT2D eigenvalue weighted by Crippen LogP contribution is -2.08. The van der Waals surface area contributed by atoms with Crippen molar-refractivity contribution in [2.75, 3.05) is 11.9 Å².